The number of likely N-dealkylation sites (tertiary alicyclic amines) is 1. The van der Waals surface area contributed by atoms with Crippen LogP contribution in [-0.4, -0.2) is 37.0 Å². The molecule has 130 valence electrons. The minimum Gasteiger partial charge on any atom is -0.342 e. The van der Waals surface area contributed by atoms with Gasteiger partial charge in [0.15, 0.2) is 0 Å². The number of hydrogen-bond donors (Lipinski definition) is 1. The largest absolute Gasteiger partial charge is 0.342 e. The third-order valence-electron chi connectivity index (χ3n) is 6.68. The Morgan fingerprint density at radius 1 is 0.875 bits per heavy atom. The average Bonchev–Trinajstić information content (AvgIpc) is 3.00. The molecule has 2 saturated heterocycles. The fourth-order valence-electron chi connectivity index (χ4n) is 5.10. The van der Waals surface area contributed by atoms with E-state index in [2.05, 4.69) is 40.5 Å². The molecule has 1 N–H and O–H groups in total. The van der Waals surface area contributed by atoms with E-state index in [0.717, 1.165) is 50.9 Å². The molecule has 2 aliphatic heterocycles. The van der Waals surface area contributed by atoms with E-state index in [-0.39, 0.29) is 5.92 Å². The summed E-state index contributed by atoms with van der Waals surface area (Å²) in [7, 11) is 0. The first-order valence-corrected chi connectivity index (χ1v) is 9.85. The Kier molecular flexibility index (Phi) is 4.88. The Labute approximate surface area is 145 Å². The lowest BCUT2D eigenvalue weighted by atomic mass is 9.78. The van der Waals surface area contributed by atoms with Crippen molar-refractivity contribution in [2.45, 2.75) is 44.4 Å². The number of fused-ring (bicyclic) bond motifs is 1. The van der Waals surface area contributed by atoms with E-state index in [1.165, 1.54) is 31.2 Å². The van der Waals surface area contributed by atoms with Gasteiger partial charge in [0.2, 0.25) is 5.91 Å². The highest BCUT2D eigenvalue weighted by molar-refractivity contribution is 5.79. The monoisotopic (exact) mass is 326 g/mol. The molecule has 1 aromatic rings. The summed E-state index contributed by atoms with van der Waals surface area (Å²) in [6.07, 6.45) is 6.88. The number of carbonyl (C=O) groups is 1. The Morgan fingerprint density at radius 2 is 1.50 bits per heavy atom. The number of amides is 1. The predicted molar refractivity (Wildman–Crippen MR) is 96.8 cm³/mol. The molecular formula is C21H30N2O. The number of carbonyl (C=O) groups excluding carboxylic acids is 1. The van der Waals surface area contributed by atoms with Crippen LogP contribution in [0.25, 0.3) is 0 Å². The molecule has 3 aliphatic rings. The lowest BCUT2D eigenvalue weighted by Crippen LogP contribution is -2.38. The third-order valence-corrected chi connectivity index (χ3v) is 6.68. The maximum Gasteiger partial charge on any atom is 0.225 e. The van der Waals surface area contributed by atoms with Crippen LogP contribution in [0.2, 0.25) is 0 Å². The van der Waals surface area contributed by atoms with E-state index in [0.29, 0.717) is 11.8 Å². The highest BCUT2D eigenvalue weighted by Gasteiger charge is 2.34. The zero-order valence-electron chi connectivity index (χ0n) is 14.6. The van der Waals surface area contributed by atoms with Crippen LogP contribution in [0.5, 0.6) is 0 Å². The number of nitrogens with one attached hydrogen (secondary N) is 1. The maximum absolute atomic E-state index is 13.0. The molecule has 2 heterocycles. The normalized spacial score (nSPS) is 33.8. The van der Waals surface area contributed by atoms with Crippen molar-refractivity contribution < 1.29 is 4.79 Å². The summed E-state index contributed by atoms with van der Waals surface area (Å²) < 4.78 is 0. The zero-order chi connectivity index (χ0) is 16.4. The van der Waals surface area contributed by atoms with E-state index >= 15 is 0 Å². The smallest absolute Gasteiger partial charge is 0.225 e. The Hall–Kier alpha value is -1.35. The Morgan fingerprint density at radius 3 is 2.12 bits per heavy atom. The second kappa shape index (κ2) is 7.26. The van der Waals surface area contributed by atoms with Crippen LogP contribution >= 0.6 is 0 Å². The molecule has 1 aliphatic carbocycles. The first-order valence-electron chi connectivity index (χ1n) is 9.85. The molecule has 3 heteroatoms. The van der Waals surface area contributed by atoms with E-state index in [9.17, 15) is 4.79 Å². The first kappa shape index (κ1) is 16.1. The molecule has 0 radical (unpaired) electrons. The van der Waals surface area contributed by atoms with Gasteiger partial charge >= 0.3 is 0 Å². The second-order valence-corrected chi connectivity index (χ2v) is 8.04. The molecule has 0 spiro atoms. The van der Waals surface area contributed by atoms with E-state index in [1.54, 1.807) is 0 Å². The van der Waals surface area contributed by atoms with Gasteiger partial charge in [0.25, 0.3) is 0 Å². The molecule has 1 aromatic carbocycles. The minimum atomic E-state index is 0.279. The summed E-state index contributed by atoms with van der Waals surface area (Å²) >= 11 is 0. The standard InChI is InChI=1S/C21H30N2O/c24-21(23-12-10-19-14-22-15-20(19)11-13-23)18-8-6-17(7-9-18)16-4-2-1-3-5-16/h1-5,17-20,22H,6-15H2/t17?,18?,19-,20+. The average molecular weight is 326 g/mol. The summed E-state index contributed by atoms with van der Waals surface area (Å²) in [5, 5.41) is 3.52. The van der Waals surface area contributed by atoms with Gasteiger partial charge in [-0.25, -0.2) is 0 Å². The van der Waals surface area contributed by atoms with Gasteiger partial charge in [-0.1, -0.05) is 30.3 Å². The van der Waals surface area contributed by atoms with Crippen LogP contribution in [0.1, 0.15) is 50.0 Å². The summed E-state index contributed by atoms with van der Waals surface area (Å²) in [6, 6.07) is 10.8. The molecule has 2 atom stereocenters. The van der Waals surface area contributed by atoms with Crippen molar-refractivity contribution in [3.05, 3.63) is 35.9 Å². The molecule has 4 rings (SSSR count). The van der Waals surface area contributed by atoms with Gasteiger partial charge in [-0.05, 0) is 74.9 Å². The van der Waals surface area contributed by atoms with Crippen molar-refractivity contribution in [2.75, 3.05) is 26.2 Å². The lowest BCUT2D eigenvalue weighted by molar-refractivity contribution is -0.136. The van der Waals surface area contributed by atoms with Gasteiger partial charge in [-0.3, -0.25) is 4.79 Å². The quantitative estimate of drug-likeness (QED) is 0.903. The summed E-state index contributed by atoms with van der Waals surface area (Å²) in [4.78, 5) is 15.2. The number of nitrogens with zero attached hydrogens (tertiary/aromatic N) is 1. The van der Waals surface area contributed by atoms with Gasteiger partial charge in [-0.2, -0.15) is 0 Å². The molecule has 1 saturated carbocycles. The second-order valence-electron chi connectivity index (χ2n) is 8.04. The first-order chi connectivity index (χ1) is 11.8. The Balaban J connectivity index is 1.31. The predicted octanol–water partition coefficient (Wildman–Crippen LogP) is 3.42. The topological polar surface area (TPSA) is 32.3 Å². The van der Waals surface area contributed by atoms with Gasteiger partial charge < -0.3 is 10.2 Å². The zero-order valence-corrected chi connectivity index (χ0v) is 14.6. The maximum atomic E-state index is 13.0. The highest BCUT2D eigenvalue weighted by atomic mass is 16.2. The fourth-order valence-corrected chi connectivity index (χ4v) is 5.10. The van der Waals surface area contributed by atoms with Gasteiger partial charge in [0.1, 0.15) is 0 Å². The van der Waals surface area contributed by atoms with E-state index in [4.69, 9.17) is 0 Å². The molecule has 1 amide bonds. The number of hydrogen-bond acceptors (Lipinski definition) is 2. The van der Waals surface area contributed by atoms with Gasteiger partial charge in [0, 0.05) is 19.0 Å². The van der Waals surface area contributed by atoms with Crippen molar-refractivity contribution in [2.24, 2.45) is 17.8 Å². The van der Waals surface area contributed by atoms with Crippen molar-refractivity contribution in [3.63, 3.8) is 0 Å². The summed E-state index contributed by atoms with van der Waals surface area (Å²) in [5.41, 5.74) is 1.46. The van der Waals surface area contributed by atoms with Gasteiger partial charge in [-0.15, -0.1) is 0 Å². The molecular weight excluding hydrogens is 296 g/mol. The Bertz CT molecular complexity index is 536. The minimum absolute atomic E-state index is 0.279. The van der Waals surface area contributed by atoms with Crippen molar-refractivity contribution in [1.29, 1.82) is 0 Å². The third kappa shape index (κ3) is 3.37. The molecule has 0 bridgehead atoms. The molecule has 0 unspecified atom stereocenters. The van der Waals surface area contributed by atoms with Crippen LogP contribution < -0.4 is 5.32 Å². The van der Waals surface area contributed by atoms with Crippen molar-refractivity contribution >= 4 is 5.91 Å². The lowest BCUT2D eigenvalue weighted by Gasteiger charge is -2.32. The van der Waals surface area contributed by atoms with Crippen LogP contribution in [0.3, 0.4) is 0 Å². The number of rotatable bonds is 2. The van der Waals surface area contributed by atoms with Crippen molar-refractivity contribution in [1.82, 2.24) is 10.2 Å². The highest BCUT2D eigenvalue weighted by Crippen LogP contribution is 2.37. The summed E-state index contributed by atoms with van der Waals surface area (Å²) in [5.74, 6) is 2.99. The number of benzene rings is 1. The van der Waals surface area contributed by atoms with Crippen molar-refractivity contribution in [3.8, 4) is 0 Å². The molecule has 3 nitrogen and oxygen atoms in total. The van der Waals surface area contributed by atoms with E-state index in [1.807, 2.05) is 0 Å². The van der Waals surface area contributed by atoms with E-state index < -0.39 is 0 Å². The van der Waals surface area contributed by atoms with Crippen LogP contribution in [0.15, 0.2) is 30.3 Å². The SMILES string of the molecule is O=C(C1CCC(c2ccccc2)CC1)N1CC[C@@H]2CNC[C@@H]2CC1. The molecule has 3 fully saturated rings. The molecule has 0 aromatic heterocycles. The van der Waals surface area contributed by atoms with Crippen LogP contribution in [-0.2, 0) is 4.79 Å². The van der Waals surface area contributed by atoms with Crippen LogP contribution in [0.4, 0.5) is 0 Å². The molecule has 24 heavy (non-hydrogen) atoms. The fraction of sp³-hybridized carbons (Fsp3) is 0.667. The summed E-state index contributed by atoms with van der Waals surface area (Å²) in [6.45, 7) is 4.30. The van der Waals surface area contributed by atoms with Gasteiger partial charge in [0.05, 0.1) is 0 Å². The van der Waals surface area contributed by atoms with Crippen LogP contribution in [0, 0.1) is 17.8 Å².